The standard InChI is InChI=1S/C22H22N4O2/c1-16(27)25-19-7-9-20(10-8-19)26-21-13-18(14-23-15-21)22(28)24-12-11-17-5-3-2-4-6-17/h2-10,13-15,26H,11-12H2,1H3,(H,24,28)(H,25,27). The van der Waals surface area contributed by atoms with E-state index in [0.29, 0.717) is 17.8 Å². The van der Waals surface area contributed by atoms with Crippen LogP contribution < -0.4 is 16.0 Å². The number of carbonyl (C=O) groups excluding carboxylic acids is 2. The molecular formula is C22H22N4O2. The van der Waals surface area contributed by atoms with Crippen LogP contribution in [0.5, 0.6) is 0 Å². The molecule has 3 N–H and O–H groups in total. The molecule has 6 nitrogen and oxygen atoms in total. The quantitative estimate of drug-likeness (QED) is 0.588. The Balaban J connectivity index is 1.57. The van der Waals surface area contributed by atoms with Gasteiger partial charge in [0.1, 0.15) is 0 Å². The zero-order valence-electron chi connectivity index (χ0n) is 15.6. The maximum atomic E-state index is 12.4. The number of hydrogen-bond acceptors (Lipinski definition) is 4. The molecule has 0 saturated carbocycles. The second kappa shape index (κ2) is 9.32. The number of nitrogens with one attached hydrogen (secondary N) is 3. The van der Waals surface area contributed by atoms with Crippen molar-refractivity contribution in [3.05, 3.63) is 84.2 Å². The van der Waals surface area contributed by atoms with Crippen molar-refractivity contribution in [1.82, 2.24) is 10.3 Å². The van der Waals surface area contributed by atoms with E-state index in [4.69, 9.17) is 0 Å². The van der Waals surface area contributed by atoms with Gasteiger partial charge >= 0.3 is 0 Å². The third-order valence-corrected chi connectivity index (χ3v) is 4.04. The zero-order chi connectivity index (χ0) is 19.8. The van der Waals surface area contributed by atoms with Crippen molar-refractivity contribution < 1.29 is 9.59 Å². The first-order chi connectivity index (χ1) is 13.6. The van der Waals surface area contributed by atoms with Gasteiger partial charge in [-0.2, -0.15) is 0 Å². The third kappa shape index (κ3) is 5.67. The van der Waals surface area contributed by atoms with Gasteiger partial charge in [0.25, 0.3) is 5.91 Å². The van der Waals surface area contributed by atoms with Crippen molar-refractivity contribution in [2.24, 2.45) is 0 Å². The SMILES string of the molecule is CC(=O)Nc1ccc(Nc2cncc(C(=O)NCCc3ccccc3)c2)cc1. The highest BCUT2D eigenvalue weighted by molar-refractivity contribution is 5.95. The lowest BCUT2D eigenvalue weighted by Gasteiger charge is -2.10. The summed E-state index contributed by atoms with van der Waals surface area (Å²) >= 11 is 0. The summed E-state index contributed by atoms with van der Waals surface area (Å²) in [6.45, 7) is 2.03. The van der Waals surface area contributed by atoms with Gasteiger partial charge in [0.15, 0.2) is 0 Å². The molecule has 0 atom stereocenters. The Morgan fingerprint density at radius 3 is 2.32 bits per heavy atom. The van der Waals surface area contributed by atoms with E-state index in [9.17, 15) is 9.59 Å². The molecule has 6 heteroatoms. The van der Waals surface area contributed by atoms with Crippen molar-refractivity contribution in [2.75, 3.05) is 17.2 Å². The molecule has 0 aliphatic heterocycles. The largest absolute Gasteiger partial charge is 0.354 e. The fourth-order valence-electron chi connectivity index (χ4n) is 2.71. The maximum absolute atomic E-state index is 12.4. The molecule has 142 valence electrons. The molecule has 28 heavy (non-hydrogen) atoms. The van der Waals surface area contributed by atoms with Gasteiger partial charge < -0.3 is 16.0 Å². The van der Waals surface area contributed by atoms with Crippen molar-refractivity contribution >= 4 is 28.9 Å². The predicted octanol–water partition coefficient (Wildman–Crippen LogP) is 3.76. The van der Waals surface area contributed by atoms with E-state index in [1.165, 1.54) is 12.5 Å². The van der Waals surface area contributed by atoms with Crippen molar-refractivity contribution in [1.29, 1.82) is 0 Å². The second-order valence-electron chi connectivity index (χ2n) is 6.34. The minimum atomic E-state index is -0.159. The Kier molecular flexibility index (Phi) is 6.36. The van der Waals surface area contributed by atoms with Crippen LogP contribution in [0.25, 0.3) is 0 Å². The van der Waals surface area contributed by atoms with Gasteiger partial charge in [-0.25, -0.2) is 0 Å². The van der Waals surface area contributed by atoms with E-state index in [1.54, 1.807) is 30.6 Å². The highest BCUT2D eigenvalue weighted by Gasteiger charge is 2.07. The molecular weight excluding hydrogens is 352 g/mol. The summed E-state index contributed by atoms with van der Waals surface area (Å²) in [6, 6.07) is 19.1. The molecule has 2 amide bonds. The molecule has 0 fully saturated rings. The van der Waals surface area contributed by atoms with Gasteiger partial charge in [-0.1, -0.05) is 30.3 Å². The third-order valence-electron chi connectivity index (χ3n) is 4.04. The molecule has 2 aromatic carbocycles. The van der Waals surface area contributed by atoms with E-state index >= 15 is 0 Å². The Hall–Kier alpha value is -3.67. The van der Waals surface area contributed by atoms with Gasteiger partial charge in [-0.05, 0) is 42.3 Å². The highest BCUT2D eigenvalue weighted by atomic mass is 16.2. The van der Waals surface area contributed by atoms with Crippen LogP contribution in [0.15, 0.2) is 73.1 Å². The van der Waals surface area contributed by atoms with Gasteiger partial charge in [-0.15, -0.1) is 0 Å². The number of rotatable bonds is 7. The van der Waals surface area contributed by atoms with Gasteiger partial charge in [-0.3, -0.25) is 14.6 Å². The van der Waals surface area contributed by atoms with Crippen molar-refractivity contribution in [3.63, 3.8) is 0 Å². The summed E-state index contributed by atoms with van der Waals surface area (Å²) in [7, 11) is 0. The first-order valence-corrected chi connectivity index (χ1v) is 9.02. The van der Waals surface area contributed by atoms with Crippen LogP contribution in [0.2, 0.25) is 0 Å². The average Bonchev–Trinajstić information content (AvgIpc) is 2.70. The Labute approximate surface area is 164 Å². The monoisotopic (exact) mass is 374 g/mol. The van der Waals surface area contributed by atoms with Crippen LogP contribution in [0.3, 0.4) is 0 Å². The summed E-state index contributed by atoms with van der Waals surface area (Å²) in [5.74, 6) is -0.274. The number of carbonyl (C=O) groups is 2. The topological polar surface area (TPSA) is 83.1 Å². The zero-order valence-corrected chi connectivity index (χ0v) is 15.6. The van der Waals surface area contributed by atoms with E-state index < -0.39 is 0 Å². The lowest BCUT2D eigenvalue weighted by molar-refractivity contribution is -0.114. The summed E-state index contributed by atoms with van der Waals surface area (Å²) < 4.78 is 0. The van der Waals surface area contributed by atoms with E-state index in [1.807, 2.05) is 42.5 Å². The summed E-state index contributed by atoms with van der Waals surface area (Å²) in [5, 5.41) is 8.84. The number of amides is 2. The summed E-state index contributed by atoms with van der Waals surface area (Å²) in [6.07, 6.45) is 3.98. The lowest BCUT2D eigenvalue weighted by Crippen LogP contribution is -2.25. The van der Waals surface area contributed by atoms with Crippen LogP contribution in [-0.4, -0.2) is 23.3 Å². The predicted molar refractivity (Wildman–Crippen MR) is 111 cm³/mol. The molecule has 0 aliphatic carbocycles. The minimum Gasteiger partial charge on any atom is -0.354 e. The highest BCUT2D eigenvalue weighted by Crippen LogP contribution is 2.19. The lowest BCUT2D eigenvalue weighted by atomic mass is 10.1. The Bertz CT molecular complexity index is 940. The number of nitrogens with zero attached hydrogens (tertiary/aromatic N) is 1. The smallest absolute Gasteiger partial charge is 0.252 e. The van der Waals surface area contributed by atoms with Gasteiger partial charge in [0.2, 0.25) is 5.91 Å². The van der Waals surface area contributed by atoms with Crippen molar-refractivity contribution in [2.45, 2.75) is 13.3 Å². The van der Waals surface area contributed by atoms with Crippen molar-refractivity contribution in [3.8, 4) is 0 Å². The number of benzene rings is 2. The van der Waals surface area contributed by atoms with E-state index in [-0.39, 0.29) is 11.8 Å². The molecule has 3 aromatic rings. The van der Waals surface area contributed by atoms with Gasteiger partial charge in [0, 0.05) is 31.0 Å². The normalized spacial score (nSPS) is 10.2. The maximum Gasteiger partial charge on any atom is 0.252 e. The average molecular weight is 374 g/mol. The fourth-order valence-corrected chi connectivity index (χ4v) is 2.71. The Morgan fingerprint density at radius 2 is 1.61 bits per heavy atom. The van der Waals surface area contributed by atoms with Gasteiger partial charge in [0.05, 0.1) is 17.4 Å². The first kappa shape index (κ1) is 19.1. The van der Waals surface area contributed by atoms with E-state index in [2.05, 4.69) is 20.9 Å². The molecule has 3 rings (SSSR count). The molecule has 0 spiro atoms. The number of anilines is 3. The van der Waals surface area contributed by atoms with E-state index in [0.717, 1.165) is 17.8 Å². The van der Waals surface area contributed by atoms with Crippen LogP contribution in [-0.2, 0) is 11.2 Å². The van der Waals surface area contributed by atoms with Crippen LogP contribution >= 0.6 is 0 Å². The minimum absolute atomic E-state index is 0.115. The van der Waals surface area contributed by atoms with Crippen LogP contribution in [0, 0.1) is 0 Å². The van der Waals surface area contributed by atoms with Crippen LogP contribution in [0.1, 0.15) is 22.8 Å². The summed E-state index contributed by atoms with van der Waals surface area (Å²) in [5.41, 5.74) is 3.94. The molecule has 0 aliphatic rings. The molecule has 1 aromatic heterocycles. The molecule has 0 bridgehead atoms. The summed E-state index contributed by atoms with van der Waals surface area (Å²) in [4.78, 5) is 27.6. The molecule has 0 saturated heterocycles. The number of hydrogen-bond donors (Lipinski definition) is 3. The molecule has 0 radical (unpaired) electrons. The Morgan fingerprint density at radius 1 is 0.893 bits per heavy atom. The first-order valence-electron chi connectivity index (χ1n) is 9.02. The fraction of sp³-hybridized carbons (Fsp3) is 0.136. The second-order valence-corrected chi connectivity index (χ2v) is 6.34. The number of aromatic nitrogens is 1. The molecule has 0 unspecified atom stereocenters. The number of pyridine rings is 1. The molecule has 1 heterocycles. The van der Waals surface area contributed by atoms with Crippen LogP contribution in [0.4, 0.5) is 17.1 Å².